The zero-order chi connectivity index (χ0) is 18.1. The fourth-order valence-electron chi connectivity index (χ4n) is 2.50. The van der Waals surface area contributed by atoms with Gasteiger partial charge in [0.2, 0.25) is 10.0 Å². The van der Waals surface area contributed by atoms with Crippen LogP contribution in [0.1, 0.15) is 6.92 Å². The molecular formula is C17H15N5O2S2. The second kappa shape index (κ2) is 6.50. The van der Waals surface area contributed by atoms with Crippen molar-refractivity contribution in [3.63, 3.8) is 0 Å². The largest absolute Gasteiger partial charge is 0.284 e. The summed E-state index contributed by atoms with van der Waals surface area (Å²) in [6.45, 7) is 1.60. The van der Waals surface area contributed by atoms with Gasteiger partial charge in [0.05, 0.1) is 16.3 Å². The van der Waals surface area contributed by atoms with E-state index in [2.05, 4.69) is 20.0 Å². The topological polar surface area (TPSA) is 89.2 Å². The highest BCUT2D eigenvalue weighted by atomic mass is 32.2. The number of aromatic nitrogens is 4. The number of hydrogen-bond donors (Lipinski definition) is 1. The van der Waals surface area contributed by atoms with E-state index >= 15 is 0 Å². The maximum Gasteiger partial charge on any atom is 0.232 e. The predicted octanol–water partition coefficient (Wildman–Crippen LogP) is 3.28. The van der Waals surface area contributed by atoms with Gasteiger partial charge in [-0.2, -0.15) is 9.61 Å². The Kier molecular flexibility index (Phi) is 4.17. The van der Waals surface area contributed by atoms with Crippen molar-refractivity contribution in [2.24, 2.45) is 0 Å². The average molecular weight is 385 g/mol. The van der Waals surface area contributed by atoms with Crippen LogP contribution in [0.3, 0.4) is 0 Å². The molecule has 1 N–H and O–H groups in total. The molecule has 0 spiro atoms. The number of sulfonamides is 1. The minimum Gasteiger partial charge on any atom is -0.284 e. The summed E-state index contributed by atoms with van der Waals surface area (Å²) in [5.41, 5.74) is 2.66. The lowest BCUT2D eigenvalue weighted by atomic mass is 10.1. The molecule has 0 fully saturated rings. The van der Waals surface area contributed by atoms with Gasteiger partial charge in [-0.25, -0.2) is 8.42 Å². The molecule has 7 nitrogen and oxygen atoms in total. The summed E-state index contributed by atoms with van der Waals surface area (Å²) < 4.78 is 27.8. The molecule has 0 bridgehead atoms. The molecule has 0 amide bonds. The molecule has 0 atom stereocenters. The van der Waals surface area contributed by atoms with Crippen LogP contribution < -0.4 is 4.72 Å². The summed E-state index contributed by atoms with van der Waals surface area (Å²) in [6, 6.07) is 14.8. The molecule has 26 heavy (non-hydrogen) atoms. The Bertz CT molecular complexity index is 1170. The van der Waals surface area contributed by atoms with E-state index in [0.29, 0.717) is 22.9 Å². The van der Waals surface area contributed by atoms with E-state index in [0.717, 1.165) is 10.4 Å². The zero-order valence-corrected chi connectivity index (χ0v) is 15.5. The normalized spacial score (nSPS) is 11.7. The zero-order valence-electron chi connectivity index (χ0n) is 13.8. The molecule has 1 aromatic carbocycles. The van der Waals surface area contributed by atoms with Crippen LogP contribution in [0.5, 0.6) is 0 Å². The Morgan fingerprint density at radius 2 is 2.00 bits per heavy atom. The number of anilines is 1. The first-order chi connectivity index (χ1) is 12.6. The quantitative estimate of drug-likeness (QED) is 0.569. The second-order valence-electron chi connectivity index (χ2n) is 5.58. The average Bonchev–Trinajstić information content (AvgIpc) is 3.30. The third-order valence-corrected chi connectivity index (χ3v) is 5.99. The molecule has 9 heteroatoms. The van der Waals surface area contributed by atoms with Crippen LogP contribution in [0.4, 0.5) is 5.69 Å². The summed E-state index contributed by atoms with van der Waals surface area (Å²) in [4.78, 5) is 0.978. The summed E-state index contributed by atoms with van der Waals surface area (Å²) in [7, 11) is -3.33. The van der Waals surface area contributed by atoms with Crippen molar-refractivity contribution in [1.82, 2.24) is 19.8 Å². The van der Waals surface area contributed by atoms with Crippen molar-refractivity contribution >= 4 is 32.7 Å². The molecule has 0 saturated carbocycles. The molecule has 4 aromatic rings. The Labute approximate surface area is 154 Å². The van der Waals surface area contributed by atoms with Crippen LogP contribution in [-0.4, -0.2) is 34.0 Å². The predicted molar refractivity (Wildman–Crippen MR) is 103 cm³/mol. The lowest BCUT2D eigenvalue weighted by Gasteiger charge is -2.08. The van der Waals surface area contributed by atoms with Crippen molar-refractivity contribution in [2.75, 3.05) is 10.5 Å². The van der Waals surface area contributed by atoms with Crippen molar-refractivity contribution in [3.8, 4) is 22.0 Å². The fraction of sp³-hybridized carbons (Fsp3) is 0.118. The molecular weight excluding hydrogens is 370 g/mol. The number of rotatable bonds is 5. The van der Waals surface area contributed by atoms with Gasteiger partial charge in [-0.3, -0.25) is 4.72 Å². The lowest BCUT2D eigenvalue weighted by Crippen LogP contribution is -2.14. The van der Waals surface area contributed by atoms with Crippen LogP contribution >= 0.6 is 11.3 Å². The van der Waals surface area contributed by atoms with E-state index in [1.165, 1.54) is 0 Å². The Morgan fingerprint density at radius 1 is 1.12 bits per heavy atom. The standard InChI is InChI=1S/C17H15N5O2S2/c1-2-26(23,24)21-13-6-3-5-12(11-13)14-8-9-16-18-19-17(22(16)20-14)15-7-4-10-25-15/h3-11,21H,2H2,1H3. The van der Waals surface area contributed by atoms with Gasteiger partial charge in [-0.1, -0.05) is 18.2 Å². The van der Waals surface area contributed by atoms with Crippen molar-refractivity contribution in [3.05, 3.63) is 53.9 Å². The Morgan fingerprint density at radius 3 is 2.77 bits per heavy atom. The smallest absolute Gasteiger partial charge is 0.232 e. The Balaban J connectivity index is 1.76. The first-order valence-corrected chi connectivity index (χ1v) is 10.5. The van der Waals surface area contributed by atoms with Gasteiger partial charge in [0.15, 0.2) is 11.5 Å². The van der Waals surface area contributed by atoms with E-state index in [1.54, 1.807) is 41.0 Å². The van der Waals surface area contributed by atoms with Crippen LogP contribution in [0.25, 0.3) is 27.6 Å². The molecule has 0 unspecified atom stereocenters. The highest BCUT2D eigenvalue weighted by Crippen LogP contribution is 2.25. The molecule has 0 saturated heterocycles. The summed E-state index contributed by atoms with van der Waals surface area (Å²) in [5.74, 6) is 0.700. The van der Waals surface area contributed by atoms with E-state index < -0.39 is 10.0 Å². The molecule has 3 aromatic heterocycles. The van der Waals surface area contributed by atoms with Crippen molar-refractivity contribution < 1.29 is 8.42 Å². The van der Waals surface area contributed by atoms with Crippen LogP contribution in [0, 0.1) is 0 Å². The lowest BCUT2D eigenvalue weighted by molar-refractivity contribution is 0.602. The number of hydrogen-bond acceptors (Lipinski definition) is 6. The number of benzene rings is 1. The summed E-state index contributed by atoms with van der Waals surface area (Å²) >= 11 is 1.57. The summed E-state index contributed by atoms with van der Waals surface area (Å²) in [5, 5.41) is 15.0. The van der Waals surface area contributed by atoms with E-state index in [9.17, 15) is 8.42 Å². The number of fused-ring (bicyclic) bond motifs is 1. The van der Waals surface area contributed by atoms with E-state index in [1.807, 2.05) is 35.7 Å². The minimum atomic E-state index is -3.33. The monoisotopic (exact) mass is 385 g/mol. The minimum absolute atomic E-state index is 0.0202. The maximum atomic E-state index is 11.8. The summed E-state index contributed by atoms with van der Waals surface area (Å²) in [6.07, 6.45) is 0. The van der Waals surface area contributed by atoms with Gasteiger partial charge in [0.25, 0.3) is 0 Å². The van der Waals surface area contributed by atoms with Crippen molar-refractivity contribution in [2.45, 2.75) is 6.92 Å². The van der Waals surface area contributed by atoms with E-state index in [4.69, 9.17) is 0 Å². The van der Waals surface area contributed by atoms with E-state index in [-0.39, 0.29) is 5.75 Å². The number of nitrogens with one attached hydrogen (secondary N) is 1. The van der Waals surface area contributed by atoms with Gasteiger partial charge < -0.3 is 0 Å². The highest BCUT2D eigenvalue weighted by Gasteiger charge is 2.12. The molecule has 0 aliphatic heterocycles. The van der Waals surface area contributed by atoms with Crippen molar-refractivity contribution in [1.29, 1.82) is 0 Å². The van der Waals surface area contributed by atoms with Gasteiger partial charge in [-0.15, -0.1) is 21.5 Å². The van der Waals surface area contributed by atoms with Crippen LogP contribution in [0.15, 0.2) is 53.9 Å². The van der Waals surface area contributed by atoms with Crippen LogP contribution in [0.2, 0.25) is 0 Å². The molecule has 4 rings (SSSR count). The van der Waals surface area contributed by atoms with Gasteiger partial charge in [-0.05, 0) is 42.6 Å². The van der Waals surface area contributed by atoms with Gasteiger partial charge >= 0.3 is 0 Å². The SMILES string of the molecule is CCS(=O)(=O)Nc1cccc(-c2ccc3nnc(-c4cccs4)n3n2)c1. The third kappa shape index (κ3) is 3.18. The van der Waals surface area contributed by atoms with Gasteiger partial charge in [0.1, 0.15) is 0 Å². The fourth-order valence-corrected chi connectivity index (χ4v) is 3.82. The third-order valence-electron chi connectivity index (χ3n) is 3.82. The Hall–Kier alpha value is -2.78. The molecule has 0 radical (unpaired) electrons. The molecule has 0 aliphatic carbocycles. The molecule has 0 aliphatic rings. The number of nitrogens with zero attached hydrogens (tertiary/aromatic N) is 4. The first-order valence-electron chi connectivity index (χ1n) is 7.93. The first kappa shape index (κ1) is 16.7. The van der Waals surface area contributed by atoms with Gasteiger partial charge in [0, 0.05) is 11.3 Å². The molecule has 132 valence electrons. The highest BCUT2D eigenvalue weighted by molar-refractivity contribution is 7.92. The maximum absolute atomic E-state index is 11.8. The number of thiophene rings is 1. The van der Waals surface area contributed by atoms with Crippen LogP contribution in [-0.2, 0) is 10.0 Å². The molecule has 3 heterocycles. The second-order valence-corrected chi connectivity index (χ2v) is 8.53.